The van der Waals surface area contributed by atoms with E-state index >= 15 is 0 Å². The molecule has 0 amide bonds. The Balaban J connectivity index is 1.88. The van der Waals surface area contributed by atoms with Crippen molar-refractivity contribution in [1.29, 1.82) is 0 Å². The molecular formula is C15H13N3O. The molecule has 94 valence electrons. The van der Waals surface area contributed by atoms with Gasteiger partial charge in [0.25, 0.3) is 0 Å². The Morgan fingerprint density at radius 1 is 0.895 bits per heavy atom. The van der Waals surface area contributed by atoms with Crippen molar-refractivity contribution in [1.82, 2.24) is 10.2 Å². The molecule has 0 aliphatic heterocycles. The summed E-state index contributed by atoms with van der Waals surface area (Å²) in [7, 11) is 0. The highest BCUT2D eigenvalue weighted by molar-refractivity contribution is 5.63. The molecule has 0 aliphatic rings. The fourth-order valence-corrected chi connectivity index (χ4v) is 1.84. The third kappa shape index (κ3) is 2.57. The number of hydrogen-bond donors (Lipinski definition) is 2. The highest BCUT2D eigenvalue weighted by atomic mass is 16.5. The number of hydrogen-bond acceptors (Lipinski definition) is 3. The average Bonchev–Trinajstić information content (AvgIpc) is 2.87. The van der Waals surface area contributed by atoms with Crippen LogP contribution in [0.1, 0.15) is 0 Å². The number of H-pyrrole nitrogens is 1. The van der Waals surface area contributed by atoms with Gasteiger partial charge in [-0.3, -0.25) is 5.10 Å². The van der Waals surface area contributed by atoms with Crippen molar-refractivity contribution in [3.05, 3.63) is 60.7 Å². The normalized spacial score (nSPS) is 10.3. The summed E-state index contributed by atoms with van der Waals surface area (Å²) >= 11 is 0. The second-order valence-corrected chi connectivity index (χ2v) is 4.15. The molecule has 3 aromatic rings. The van der Waals surface area contributed by atoms with Crippen LogP contribution in [0.25, 0.3) is 11.3 Å². The molecule has 0 atom stereocenters. The Morgan fingerprint density at radius 2 is 1.68 bits per heavy atom. The number of nitrogens with one attached hydrogen (secondary N) is 1. The minimum Gasteiger partial charge on any atom is -0.457 e. The molecule has 1 heterocycles. The fraction of sp³-hybridized carbons (Fsp3) is 0. The Morgan fingerprint density at radius 3 is 2.42 bits per heavy atom. The Hall–Kier alpha value is -2.75. The summed E-state index contributed by atoms with van der Waals surface area (Å²) in [5.74, 6) is 2.06. The summed E-state index contributed by atoms with van der Waals surface area (Å²) in [4.78, 5) is 0. The van der Waals surface area contributed by atoms with Crippen LogP contribution in [0.4, 0.5) is 5.82 Å². The summed E-state index contributed by atoms with van der Waals surface area (Å²) in [6.07, 6.45) is 0. The van der Waals surface area contributed by atoms with E-state index in [4.69, 9.17) is 10.5 Å². The van der Waals surface area contributed by atoms with Crippen LogP contribution in [0.2, 0.25) is 0 Å². The van der Waals surface area contributed by atoms with Crippen molar-refractivity contribution < 1.29 is 4.74 Å². The molecule has 0 saturated heterocycles. The van der Waals surface area contributed by atoms with Crippen molar-refractivity contribution in [2.24, 2.45) is 0 Å². The van der Waals surface area contributed by atoms with Crippen LogP contribution in [-0.4, -0.2) is 10.2 Å². The topological polar surface area (TPSA) is 63.9 Å². The summed E-state index contributed by atoms with van der Waals surface area (Å²) in [5, 5.41) is 6.80. The van der Waals surface area contributed by atoms with Crippen molar-refractivity contribution in [2.75, 3.05) is 5.73 Å². The number of benzene rings is 2. The maximum atomic E-state index is 5.78. The first-order chi connectivity index (χ1) is 9.31. The Bertz CT molecular complexity index is 677. The highest BCUT2D eigenvalue weighted by Gasteiger charge is 2.03. The maximum Gasteiger partial charge on any atom is 0.145 e. The van der Waals surface area contributed by atoms with Gasteiger partial charge in [0, 0.05) is 11.6 Å². The van der Waals surface area contributed by atoms with Crippen molar-refractivity contribution >= 4 is 5.82 Å². The van der Waals surface area contributed by atoms with Gasteiger partial charge in [-0.25, -0.2) is 0 Å². The van der Waals surface area contributed by atoms with Crippen LogP contribution < -0.4 is 10.5 Å². The van der Waals surface area contributed by atoms with E-state index < -0.39 is 0 Å². The molecule has 3 N–H and O–H groups in total. The minimum atomic E-state index is 0.476. The van der Waals surface area contributed by atoms with Crippen LogP contribution in [0.5, 0.6) is 11.5 Å². The van der Waals surface area contributed by atoms with Gasteiger partial charge in [0.1, 0.15) is 17.3 Å². The number of para-hydroxylation sites is 1. The predicted octanol–water partition coefficient (Wildman–Crippen LogP) is 3.45. The molecule has 4 nitrogen and oxygen atoms in total. The lowest BCUT2D eigenvalue weighted by Crippen LogP contribution is -1.85. The number of nitrogen functional groups attached to an aromatic ring is 1. The van der Waals surface area contributed by atoms with Crippen molar-refractivity contribution in [2.45, 2.75) is 0 Å². The van der Waals surface area contributed by atoms with Gasteiger partial charge in [-0.15, -0.1) is 0 Å². The molecule has 0 spiro atoms. The number of aromatic amines is 1. The summed E-state index contributed by atoms with van der Waals surface area (Å²) < 4.78 is 5.78. The molecule has 0 saturated carbocycles. The number of ether oxygens (including phenoxy) is 1. The number of rotatable bonds is 3. The molecule has 0 bridgehead atoms. The summed E-state index contributed by atoms with van der Waals surface area (Å²) in [5.41, 5.74) is 7.46. The largest absolute Gasteiger partial charge is 0.457 e. The fourth-order valence-electron chi connectivity index (χ4n) is 1.84. The first kappa shape index (κ1) is 11.3. The zero-order chi connectivity index (χ0) is 13.1. The third-order valence-corrected chi connectivity index (χ3v) is 2.72. The lowest BCUT2D eigenvalue weighted by molar-refractivity contribution is 0.483. The minimum absolute atomic E-state index is 0.476. The van der Waals surface area contributed by atoms with Crippen LogP contribution in [0, 0.1) is 0 Å². The molecule has 1 aromatic heterocycles. The first-order valence-corrected chi connectivity index (χ1v) is 5.95. The van der Waals surface area contributed by atoms with Gasteiger partial charge in [0.05, 0.1) is 5.69 Å². The third-order valence-electron chi connectivity index (χ3n) is 2.72. The van der Waals surface area contributed by atoms with Gasteiger partial charge in [0.2, 0.25) is 0 Å². The monoisotopic (exact) mass is 251 g/mol. The standard InChI is InChI=1S/C15H13N3O/c16-15-10-14(17-18-15)11-5-4-8-13(9-11)19-12-6-2-1-3-7-12/h1-10H,(H3,16,17,18). The SMILES string of the molecule is Nc1cc(-c2cccc(Oc3ccccc3)c2)[nH]n1. The lowest BCUT2D eigenvalue weighted by atomic mass is 10.1. The second kappa shape index (κ2) is 4.86. The van der Waals surface area contributed by atoms with Gasteiger partial charge in [0.15, 0.2) is 0 Å². The molecule has 3 rings (SSSR count). The molecule has 0 radical (unpaired) electrons. The number of nitrogens with two attached hydrogens (primary N) is 1. The van der Waals surface area contributed by atoms with E-state index in [9.17, 15) is 0 Å². The van der Waals surface area contributed by atoms with Crippen molar-refractivity contribution in [3.63, 3.8) is 0 Å². The maximum absolute atomic E-state index is 5.78. The van der Waals surface area contributed by atoms with Gasteiger partial charge in [-0.05, 0) is 24.3 Å². The molecular weight excluding hydrogens is 238 g/mol. The number of aromatic nitrogens is 2. The number of anilines is 1. The quantitative estimate of drug-likeness (QED) is 0.749. The molecule has 19 heavy (non-hydrogen) atoms. The summed E-state index contributed by atoms with van der Waals surface area (Å²) in [6, 6.07) is 19.2. The highest BCUT2D eigenvalue weighted by Crippen LogP contribution is 2.26. The first-order valence-electron chi connectivity index (χ1n) is 5.95. The van der Waals surface area contributed by atoms with Gasteiger partial charge in [-0.1, -0.05) is 30.3 Å². The van der Waals surface area contributed by atoms with E-state index in [-0.39, 0.29) is 0 Å². The van der Waals surface area contributed by atoms with E-state index in [0.29, 0.717) is 5.82 Å². The average molecular weight is 251 g/mol. The van der Waals surface area contributed by atoms with Gasteiger partial charge in [-0.2, -0.15) is 5.10 Å². The predicted molar refractivity (Wildman–Crippen MR) is 75.0 cm³/mol. The Kier molecular flexibility index (Phi) is 2.90. The lowest BCUT2D eigenvalue weighted by Gasteiger charge is -2.06. The van der Waals surface area contributed by atoms with E-state index in [2.05, 4.69) is 10.2 Å². The van der Waals surface area contributed by atoms with Crippen LogP contribution in [-0.2, 0) is 0 Å². The van der Waals surface area contributed by atoms with Gasteiger partial charge >= 0.3 is 0 Å². The van der Waals surface area contributed by atoms with Crippen molar-refractivity contribution in [3.8, 4) is 22.8 Å². The molecule has 2 aromatic carbocycles. The van der Waals surface area contributed by atoms with Crippen LogP contribution in [0.3, 0.4) is 0 Å². The van der Waals surface area contributed by atoms with E-state index in [1.54, 1.807) is 6.07 Å². The molecule has 0 fully saturated rings. The smallest absolute Gasteiger partial charge is 0.145 e. The molecule has 0 aliphatic carbocycles. The second-order valence-electron chi connectivity index (χ2n) is 4.15. The Labute approximate surface area is 110 Å². The van der Waals surface area contributed by atoms with E-state index in [1.807, 2.05) is 54.6 Å². The molecule has 4 heteroatoms. The number of nitrogens with zero attached hydrogens (tertiary/aromatic N) is 1. The van der Waals surface area contributed by atoms with Crippen LogP contribution in [0.15, 0.2) is 60.7 Å². The van der Waals surface area contributed by atoms with E-state index in [1.165, 1.54) is 0 Å². The zero-order valence-corrected chi connectivity index (χ0v) is 10.2. The summed E-state index contributed by atoms with van der Waals surface area (Å²) in [6.45, 7) is 0. The molecule has 0 unspecified atom stereocenters. The van der Waals surface area contributed by atoms with Gasteiger partial charge < -0.3 is 10.5 Å². The van der Waals surface area contributed by atoms with Crippen LogP contribution >= 0.6 is 0 Å². The zero-order valence-electron chi connectivity index (χ0n) is 10.2. The van der Waals surface area contributed by atoms with E-state index in [0.717, 1.165) is 22.8 Å².